The average Bonchev–Trinajstić information content (AvgIpc) is 2.82. The molecule has 1 atom stereocenters. The molecule has 1 aromatic rings. The van der Waals surface area contributed by atoms with Gasteiger partial charge in [-0.2, -0.15) is 0 Å². The molecule has 1 aromatic carbocycles. The second kappa shape index (κ2) is 8.07. The highest BCUT2D eigenvalue weighted by atomic mass is 16.5. The third-order valence-electron chi connectivity index (χ3n) is 4.61. The molecule has 3 rings (SSSR count). The molecule has 2 heterocycles. The number of imide groups is 1. The average molecular weight is 360 g/mol. The van der Waals surface area contributed by atoms with Gasteiger partial charge in [0.15, 0.2) is 0 Å². The first-order chi connectivity index (χ1) is 12.6. The van der Waals surface area contributed by atoms with Gasteiger partial charge in [-0.15, -0.1) is 0 Å². The van der Waals surface area contributed by atoms with E-state index in [1.165, 1.54) is 0 Å². The predicted octanol–water partition coefficient (Wildman–Crippen LogP) is 0.722. The van der Waals surface area contributed by atoms with Crippen LogP contribution in [0.15, 0.2) is 24.3 Å². The molecule has 0 radical (unpaired) electrons. The molecule has 2 saturated heterocycles. The molecule has 0 aliphatic carbocycles. The van der Waals surface area contributed by atoms with Crippen LogP contribution in [0.25, 0.3) is 0 Å². The number of hydrogen-bond donors (Lipinski definition) is 2. The molecule has 0 unspecified atom stereocenters. The van der Waals surface area contributed by atoms with E-state index < -0.39 is 12.1 Å². The minimum absolute atomic E-state index is 0.132. The number of para-hydroxylation sites is 2. The van der Waals surface area contributed by atoms with Crippen LogP contribution in [-0.4, -0.2) is 61.6 Å². The van der Waals surface area contributed by atoms with Crippen LogP contribution >= 0.6 is 0 Å². The third-order valence-corrected chi connectivity index (χ3v) is 4.61. The van der Waals surface area contributed by atoms with Crippen LogP contribution in [0.3, 0.4) is 0 Å². The summed E-state index contributed by atoms with van der Waals surface area (Å²) >= 11 is 0. The number of amides is 4. The summed E-state index contributed by atoms with van der Waals surface area (Å²) in [5.74, 6) is 0.359. The molecule has 140 valence electrons. The van der Waals surface area contributed by atoms with Crippen LogP contribution in [0.4, 0.5) is 10.5 Å². The zero-order valence-corrected chi connectivity index (χ0v) is 14.9. The Balaban J connectivity index is 1.60. The zero-order valence-electron chi connectivity index (χ0n) is 14.9. The lowest BCUT2D eigenvalue weighted by atomic mass is 10.1. The normalized spacial score (nSPS) is 20.9. The van der Waals surface area contributed by atoms with Crippen molar-refractivity contribution in [1.29, 1.82) is 0 Å². The number of nitrogens with zero attached hydrogens (tertiary/aromatic N) is 2. The van der Waals surface area contributed by atoms with Crippen molar-refractivity contribution in [1.82, 2.24) is 15.5 Å². The predicted molar refractivity (Wildman–Crippen MR) is 96.1 cm³/mol. The molecule has 4 amide bonds. The molecular formula is C18H24N4O4. The molecular weight excluding hydrogens is 336 g/mol. The number of benzene rings is 1. The quantitative estimate of drug-likeness (QED) is 0.826. The van der Waals surface area contributed by atoms with E-state index in [4.69, 9.17) is 4.74 Å². The number of nitrogens with one attached hydrogen (secondary N) is 2. The van der Waals surface area contributed by atoms with Crippen LogP contribution in [0, 0.1) is 0 Å². The van der Waals surface area contributed by atoms with Crippen LogP contribution < -0.4 is 20.3 Å². The number of ether oxygens (including phenoxy) is 1. The molecule has 2 aliphatic rings. The van der Waals surface area contributed by atoms with Gasteiger partial charge in [0, 0.05) is 32.6 Å². The molecule has 8 heteroatoms. The lowest BCUT2D eigenvalue weighted by Crippen LogP contribution is -2.55. The number of carbonyl (C=O) groups is 3. The van der Waals surface area contributed by atoms with Crippen molar-refractivity contribution < 1.29 is 19.1 Å². The van der Waals surface area contributed by atoms with E-state index >= 15 is 0 Å². The van der Waals surface area contributed by atoms with Crippen molar-refractivity contribution in [2.24, 2.45) is 0 Å². The molecule has 0 saturated carbocycles. The van der Waals surface area contributed by atoms with E-state index in [1.807, 2.05) is 31.2 Å². The van der Waals surface area contributed by atoms with E-state index in [0.717, 1.165) is 11.4 Å². The number of hydrogen-bond acceptors (Lipinski definition) is 5. The van der Waals surface area contributed by atoms with Gasteiger partial charge in [0.25, 0.3) is 0 Å². The van der Waals surface area contributed by atoms with Gasteiger partial charge < -0.3 is 19.9 Å². The van der Waals surface area contributed by atoms with Crippen molar-refractivity contribution >= 4 is 23.5 Å². The van der Waals surface area contributed by atoms with Crippen LogP contribution in [0.1, 0.15) is 19.8 Å². The van der Waals surface area contributed by atoms with Gasteiger partial charge in [0.1, 0.15) is 11.8 Å². The van der Waals surface area contributed by atoms with E-state index in [1.54, 1.807) is 4.90 Å². The fraction of sp³-hybridized carbons (Fsp3) is 0.500. The van der Waals surface area contributed by atoms with Gasteiger partial charge in [-0.25, -0.2) is 4.79 Å². The Morgan fingerprint density at radius 1 is 1.19 bits per heavy atom. The highest BCUT2D eigenvalue weighted by molar-refractivity contribution is 5.98. The topological polar surface area (TPSA) is 91.0 Å². The van der Waals surface area contributed by atoms with Crippen molar-refractivity contribution in [2.75, 3.05) is 37.7 Å². The first kappa shape index (κ1) is 18.0. The lowest BCUT2D eigenvalue weighted by Gasteiger charge is -2.38. The number of piperazine rings is 1. The summed E-state index contributed by atoms with van der Waals surface area (Å²) in [6.45, 7) is 5.05. The lowest BCUT2D eigenvalue weighted by molar-refractivity contribution is -0.133. The molecule has 0 bridgehead atoms. The Morgan fingerprint density at radius 2 is 1.92 bits per heavy atom. The Bertz CT molecular complexity index is 686. The van der Waals surface area contributed by atoms with Gasteiger partial charge >= 0.3 is 6.03 Å². The van der Waals surface area contributed by atoms with E-state index in [0.29, 0.717) is 39.2 Å². The highest BCUT2D eigenvalue weighted by Crippen LogP contribution is 2.28. The fourth-order valence-electron chi connectivity index (χ4n) is 3.30. The summed E-state index contributed by atoms with van der Waals surface area (Å²) in [5, 5.41) is 4.77. The van der Waals surface area contributed by atoms with Crippen LogP contribution in [-0.2, 0) is 9.59 Å². The third kappa shape index (κ3) is 4.07. The summed E-state index contributed by atoms with van der Waals surface area (Å²) in [6.07, 6.45) is 0.487. The maximum atomic E-state index is 12.7. The molecule has 0 aromatic heterocycles. The maximum Gasteiger partial charge on any atom is 0.322 e. The van der Waals surface area contributed by atoms with Gasteiger partial charge in [-0.3, -0.25) is 14.9 Å². The second-order valence-corrected chi connectivity index (χ2v) is 6.33. The van der Waals surface area contributed by atoms with E-state index in [9.17, 15) is 14.4 Å². The van der Waals surface area contributed by atoms with Gasteiger partial charge in [-0.1, -0.05) is 12.1 Å². The summed E-state index contributed by atoms with van der Waals surface area (Å²) in [7, 11) is 0. The smallest absolute Gasteiger partial charge is 0.322 e. The Labute approximate surface area is 152 Å². The summed E-state index contributed by atoms with van der Waals surface area (Å²) in [5.41, 5.74) is 1.03. The minimum Gasteiger partial charge on any atom is -0.492 e. The second-order valence-electron chi connectivity index (χ2n) is 6.33. The van der Waals surface area contributed by atoms with Gasteiger partial charge in [0.05, 0.1) is 12.3 Å². The largest absolute Gasteiger partial charge is 0.492 e. The fourth-order valence-corrected chi connectivity index (χ4v) is 3.30. The number of urea groups is 1. The number of anilines is 1. The van der Waals surface area contributed by atoms with Crippen molar-refractivity contribution in [3.63, 3.8) is 0 Å². The standard InChI is InChI=1S/C18H24N4O4/c1-2-26-15-6-4-3-5-14(15)21-9-11-22(12-10-21)17(24)13-7-8-16(23)20-18(25)19-13/h3-6,13H,2,7-12H2,1H3,(H2,19,20,23,25)/t13-/m0/s1. The number of rotatable bonds is 4. The van der Waals surface area contributed by atoms with E-state index in [-0.39, 0.29) is 18.2 Å². The highest BCUT2D eigenvalue weighted by Gasteiger charge is 2.31. The molecule has 2 aliphatic heterocycles. The SMILES string of the molecule is CCOc1ccccc1N1CCN(C(=O)[C@@H]2CCC(=O)NC(=O)N2)CC1. The van der Waals surface area contributed by atoms with Crippen molar-refractivity contribution in [3.05, 3.63) is 24.3 Å². The molecule has 2 fully saturated rings. The van der Waals surface area contributed by atoms with E-state index in [2.05, 4.69) is 15.5 Å². The zero-order chi connectivity index (χ0) is 18.5. The first-order valence-corrected chi connectivity index (χ1v) is 8.94. The summed E-state index contributed by atoms with van der Waals surface area (Å²) < 4.78 is 5.69. The maximum absolute atomic E-state index is 12.7. The van der Waals surface area contributed by atoms with Crippen LogP contribution in [0.5, 0.6) is 5.75 Å². The Hall–Kier alpha value is -2.77. The first-order valence-electron chi connectivity index (χ1n) is 8.94. The van der Waals surface area contributed by atoms with Crippen molar-refractivity contribution in [3.8, 4) is 5.75 Å². The van der Waals surface area contributed by atoms with Crippen LogP contribution in [0.2, 0.25) is 0 Å². The number of carbonyl (C=O) groups excluding carboxylic acids is 3. The Morgan fingerprint density at radius 3 is 2.65 bits per heavy atom. The van der Waals surface area contributed by atoms with Gasteiger partial charge in [0.2, 0.25) is 11.8 Å². The minimum atomic E-state index is -0.649. The Kier molecular flexibility index (Phi) is 5.60. The van der Waals surface area contributed by atoms with Crippen molar-refractivity contribution in [2.45, 2.75) is 25.8 Å². The molecule has 26 heavy (non-hydrogen) atoms. The monoisotopic (exact) mass is 360 g/mol. The molecule has 0 spiro atoms. The van der Waals surface area contributed by atoms with Gasteiger partial charge in [-0.05, 0) is 25.5 Å². The molecule has 2 N–H and O–H groups in total. The molecule has 8 nitrogen and oxygen atoms in total. The summed E-state index contributed by atoms with van der Waals surface area (Å²) in [4.78, 5) is 39.6. The summed E-state index contributed by atoms with van der Waals surface area (Å²) in [6, 6.07) is 6.63.